The second kappa shape index (κ2) is 34.3. The van der Waals surface area contributed by atoms with Crippen molar-refractivity contribution in [3.63, 3.8) is 0 Å². The van der Waals surface area contributed by atoms with Crippen molar-refractivity contribution < 1.29 is 42.4 Å². The van der Waals surface area contributed by atoms with Gasteiger partial charge in [0.15, 0.2) is 0 Å². The van der Waals surface area contributed by atoms with Crippen LogP contribution in [0.3, 0.4) is 0 Å². The average molecular weight is 1510 g/mol. The lowest BCUT2D eigenvalue weighted by molar-refractivity contribution is -0.143. The maximum absolute atomic E-state index is 12.8. The van der Waals surface area contributed by atoms with Crippen LogP contribution in [0.5, 0.6) is 0 Å². The van der Waals surface area contributed by atoms with Gasteiger partial charge in [0.05, 0.1) is 78.8 Å². The Labute approximate surface area is 646 Å². The Morgan fingerprint density at radius 1 is 0.609 bits per heavy atom. The van der Waals surface area contributed by atoms with Crippen LogP contribution in [-0.2, 0) is 44.7 Å². The number of aromatic amines is 1. The number of fused-ring (bicyclic) bond motifs is 6. The molecule has 2 aromatic carbocycles. The van der Waals surface area contributed by atoms with Crippen molar-refractivity contribution in [2.24, 2.45) is 41.4 Å². The van der Waals surface area contributed by atoms with E-state index in [1.54, 1.807) is 21.1 Å². The van der Waals surface area contributed by atoms with Gasteiger partial charge in [-0.25, -0.2) is 33.5 Å². The Bertz CT molecular complexity index is 4660. The summed E-state index contributed by atoms with van der Waals surface area (Å²) in [7, 11) is 3.46. The maximum atomic E-state index is 12.8. The van der Waals surface area contributed by atoms with E-state index in [0.29, 0.717) is 85.4 Å². The molecule has 7 aliphatic carbocycles. The smallest absolute Gasteiger partial charge is 0.389 e. The number of aromatic nitrogens is 11. The van der Waals surface area contributed by atoms with E-state index in [2.05, 4.69) is 128 Å². The van der Waals surface area contributed by atoms with Crippen molar-refractivity contribution in [1.82, 2.24) is 53.8 Å². The molecule has 110 heavy (non-hydrogen) atoms. The van der Waals surface area contributed by atoms with Gasteiger partial charge in [0.1, 0.15) is 23.3 Å². The zero-order valence-electron chi connectivity index (χ0n) is 65.7. The number of ketones is 1. The minimum atomic E-state index is -4.18. The van der Waals surface area contributed by atoms with Gasteiger partial charge in [-0.3, -0.25) is 4.79 Å². The third kappa shape index (κ3) is 18.0. The fraction of sp³-hybridized carbons (Fsp3) is 0.596. The van der Waals surface area contributed by atoms with Crippen LogP contribution in [0, 0.1) is 48.3 Å². The van der Waals surface area contributed by atoms with Crippen molar-refractivity contribution in [3.05, 3.63) is 154 Å². The van der Waals surface area contributed by atoms with Crippen LogP contribution in [0.15, 0.2) is 91.4 Å². The van der Waals surface area contributed by atoms with Gasteiger partial charge in [0.2, 0.25) is 5.95 Å². The molecular weight excluding hydrogens is 1390 g/mol. The molecule has 1 unspecified atom stereocenters. The standard InChI is InChI=1S/C34H45N3O3.C30H38N6O2.C25H32F3N3O/c1-22-7-9-25(10-8-22)31-17-30(32-18-35-33(36-37(31)32)15-23(2)19-39-3)28-6-4-5-27(16-28)24-11-13-26(14-12-24)34(38)29-20-40-21-29;1-18(17-38-3)32-30-31-16-29-25(15-28(36(29)35-30)20-7-10-24(37)11-8-20)23-6-4-5-21(13-23)22-9-12-26-27(14-22)34-19(2)33-26;1-15(13-25(26,27)28)8-24-29-14-23-21(19-10-16-2-3-17(9-16)11-19)12-22(31(23)30-24)18-4-6-20(32)7-5-18/h4-6,16-18,22-26,29H,7-15,19-21H2,1-3H3;4-6,13,15-16,18,20,22,24,37H,7-12,14,17H2,1-3H3,(H,32,35)(H,33,34);10,12,14-18,20,32H,2-9,11,13H2,1H3/t22?,23-,24?,25?,26?;18-,20?,22?,24?;15-,16-,17+,18?,20?/m101/s1. The Hall–Kier alpha value is -7.69. The van der Waals surface area contributed by atoms with Gasteiger partial charge in [0, 0.05) is 109 Å². The molecule has 0 radical (unpaired) electrons. The third-order valence-corrected chi connectivity index (χ3v) is 25.8. The molecule has 588 valence electrons. The first kappa shape index (κ1) is 77.6. The quantitative estimate of drug-likeness (QED) is 0.0526. The van der Waals surface area contributed by atoms with Gasteiger partial charge in [-0.05, 0) is 236 Å². The lowest BCUT2D eigenvalue weighted by Gasteiger charge is -2.33. The Kier molecular flexibility index (Phi) is 24.2. The minimum Gasteiger partial charge on any atom is -0.393 e. The highest BCUT2D eigenvalue weighted by Gasteiger charge is 2.38. The highest BCUT2D eigenvalue weighted by Crippen LogP contribution is 2.48. The monoisotopic (exact) mass is 1500 g/mol. The summed E-state index contributed by atoms with van der Waals surface area (Å²) in [5.74, 6) is 8.02. The summed E-state index contributed by atoms with van der Waals surface area (Å²) in [6.45, 7) is 12.8. The molecule has 18 nitrogen and oxygen atoms in total. The molecule has 21 heteroatoms. The molecule has 8 aliphatic rings. The van der Waals surface area contributed by atoms with E-state index < -0.39 is 18.5 Å². The van der Waals surface area contributed by atoms with Crippen molar-refractivity contribution in [2.75, 3.05) is 46.0 Å². The largest absolute Gasteiger partial charge is 0.393 e. The molecule has 6 fully saturated rings. The number of nitrogens with one attached hydrogen (secondary N) is 2. The molecule has 0 amide bonds. The topological polar surface area (TPSA) is 216 Å². The van der Waals surface area contributed by atoms with Crippen LogP contribution in [0.2, 0.25) is 0 Å². The molecule has 2 bridgehead atoms. The summed E-state index contributed by atoms with van der Waals surface area (Å²) >= 11 is 0. The Balaban J connectivity index is 0.000000132. The van der Waals surface area contributed by atoms with E-state index in [9.17, 15) is 28.2 Å². The number of aliphatic hydroxyl groups is 2. The second-order valence-corrected chi connectivity index (χ2v) is 34.6. The van der Waals surface area contributed by atoms with Crippen molar-refractivity contribution >= 4 is 33.9 Å². The third-order valence-electron chi connectivity index (χ3n) is 25.8. The lowest BCUT2D eigenvalue weighted by Crippen LogP contribution is -2.39. The predicted octanol–water partition coefficient (Wildman–Crippen LogP) is 18.3. The van der Waals surface area contributed by atoms with Gasteiger partial charge in [-0.2, -0.15) is 23.4 Å². The molecular formula is C89H115F3N12O6. The highest BCUT2D eigenvalue weighted by atomic mass is 19.4. The number of benzene rings is 2. The number of imidazole rings is 1. The zero-order valence-corrected chi connectivity index (χ0v) is 65.7. The average Bonchev–Trinajstić information content (AvgIpc) is 1.62. The molecule has 6 atom stereocenters. The minimum absolute atomic E-state index is 0.104. The van der Waals surface area contributed by atoms with E-state index in [0.717, 1.165) is 155 Å². The Morgan fingerprint density at radius 3 is 1.71 bits per heavy atom. The molecule has 5 saturated carbocycles. The van der Waals surface area contributed by atoms with Crippen LogP contribution in [-0.4, -0.2) is 135 Å². The van der Waals surface area contributed by atoms with Crippen molar-refractivity contribution in [3.8, 4) is 22.3 Å². The zero-order chi connectivity index (χ0) is 76.3. The first-order valence-electron chi connectivity index (χ1n) is 41.6. The van der Waals surface area contributed by atoms with E-state index in [4.69, 9.17) is 34.5 Å². The number of carbonyl (C=O) groups is 1. The maximum Gasteiger partial charge on any atom is 0.389 e. The molecule has 1 saturated heterocycles. The summed E-state index contributed by atoms with van der Waals surface area (Å²) in [4.78, 5) is 34.9. The normalized spacial score (nSPS) is 25.9. The van der Waals surface area contributed by atoms with E-state index in [1.165, 1.54) is 112 Å². The number of Topliss-reactive ketones (excluding diaryl/α,β-unsaturated/α-hetero) is 1. The van der Waals surface area contributed by atoms with Crippen LogP contribution < -0.4 is 5.32 Å². The van der Waals surface area contributed by atoms with Crippen LogP contribution >= 0.6 is 0 Å². The number of ether oxygens (including phenoxy) is 3. The summed E-state index contributed by atoms with van der Waals surface area (Å²) in [6, 6.07) is 25.2. The van der Waals surface area contributed by atoms with E-state index >= 15 is 0 Å². The number of anilines is 1. The Morgan fingerprint density at radius 2 is 1.15 bits per heavy atom. The lowest BCUT2D eigenvalue weighted by atomic mass is 9.74. The number of halogens is 3. The number of alkyl halides is 3. The van der Waals surface area contributed by atoms with Crippen molar-refractivity contribution in [1.29, 1.82) is 0 Å². The van der Waals surface area contributed by atoms with Gasteiger partial charge in [0.25, 0.3) is 0 Å². The molecule has 9 aromatic rings. The van der Waals surface area contributed by atoms with Crippen LogP contribution in [0.1, 0.15) is 261 Å². The van der Waals surface area contributed by atoms with Gasteiger partial charge in [-0.15, -0.1) is 5.10 Å². The van der Waals surface area contributed by atoms with E-state index in [-0.39, 0.29) is 36.5 Å². The van der Waals surface area contributed by atoms with Crippen LogP contribution in [0.4, 0.5) is 19.1 Å². The number of hydrogen-bond donors (Lipinski definition) is 4. The summed E-state index contributed by atoms with van der Waals surface area (Å²) < 4.78 is 60.6. The number of allylic oxidation sites excluding steroid dienone is 2. The predicted molar refractivity (Wildman–Crippen MR) is 423 cm³/mol. The number of nitrogens with zero attached hydrogens (tertiary/aromatic N) is 10. The van der Waals surface area contributed by atoms with Gasteiger partial charge in [-0.1, -0.05) is 88.2 Å². The molecule has 17 rings (SSSR count). The number of aliphatic hydroxyl groups excluding tert-OH is 2. The fourth-order valence-electron chi connectivity index (χ4n) is 19.8. The molecule has 7 aromatic heterocycles. The number of aryl methyl sites for hydroxylation is 2. The number of hydrogen-bond acceptors (Lipinski definition) is 14. The first-order chi connectivity index (χ1) is 53.2. The molecule has 4 N–H and O–H groups in total. The number of H-pyrrole nitrogens is 1. The van der Waals surface area contributed by atoms with Crippen LogP contribution in [0.25, 0.3) is 44.4 Å². The SMILES string of the molecule is COC[C@H](C)Cc1ncc2c(-c3cccc(C4CCC(C(=O)C5COC5)CC4)c3)cc(C3CCC(C)CC3)n2n1.COC[C@H](C)Nc1ncc2c(-c3cccc(C4CCc5nc(C)[nH]c5C4)c3)cc(C3CCC(O)CC3)n2n1.C[C@H](Cc1ncc2c(C3=C[C@@H]4CC[C@H](C3)C4)cc(C3CCC(O)CC3)n2n1)CC(F)(F)F. The van der Waals surface area contributed by atoms with Gasteiger partial charge >= 0.3 is 6.18 Å². The van der Waals surface area contributed by atoms with Gasteiger partial charge < -0.3 is 34.7 Å². The number of rotatable bonds is 21. The highest BCUT2D eigenvalue weighted by molar-refractivity contribution is 5.85. The first-order valence-corrected chi connectivity index (χ1v) is 41.6. The van der Waals surface area contributed by atoms with Crippen molar-refractivity contribution in [2.45, 2.75) is 256 Å². The number of carbonyl (C=O) groups excluding carboxylic acids is 1. The van der Waals surface area contributed by atoms with E-state index in [1.807, 2.05) is 30.0 Å². The summed E-state index contributed by atoms with van der Waals surface area (Å²) in [5, 5.41) is 38.3. The number of methoxy groups -OCH3 is 2. The molecule has 8 heterocycles. The molecule has 1 aliphatic heterocycles. The molecule has 0 spiro atoms. The summed E-state index contributed by atoms with van der Waals surface area (Å²) in [6.07, 6.45) is 28.1. The fourth-order valence-corrected chi connectivity index (χ4v) is 19.8. The summed E-state index contributed by atoms with van der Waals surface area (Å²) in [5.41, 5.74) is 19.5. The second-order valence-electron chi connectivity index (χ2n) is 34.6.